The van der Waals surface area contributed by atoms with E-state index < -0.39 is 10.9 Å². The molecule has 0 aromatic heterocycles. The van der Waals surface area contributed by atoms with Crippen LogP contribution in [0.25, 0.3) is 0 Å². The maximum Gasteiger partial charge on any atom is 0.333 e. The van der Waals surface area contributed by atoms with Gasteiger partial charge in [0.15, 0.2) is 0 Å². The van der Waals surface area contributed by atoms with Crippen LogP contribution >= 0.6 is 0 Å². The number of ether oxygens (including phenoxy) is 1. The molecule has 42 heavy (non-hydrogen) atoms. The van der Waals surface area contributed by atoms with E-state index in [2.05, 4.69) is 17.1 Å². The molecule has 246 valence electrons. The number of carbonyl (C=O) groups is 2. The highest BCUT2D eigenvalue weighted by atomic mass is 16.6. The molecule has 0 bridgehead atoms. The first kappa shape index (κ1) is 39.6. The summed E-state index contributed by atoms with van der Waals surface area (Å²) in [4.78, 5) is 37.3. The van der Waals surface area contributed by atoms with Gasteiger partial charge in [0, 0.05) is 19.4 Å². The number of nitrogens with zero attached hydrogens (tertiary/aromatic N) is 3. The number of aliphatic carboxylic acids is 1. The number of rotatable bonds is 31. The average molecular weight is 599 g/mol. The van der Waals surface area contributed by atoms with Crippen LogP contribution in [-0.2, 0) is 14.3 Å². The van der Waals surface area contributed by atoms with E-state index in [1.807, 2.05) is 0 Å². The lowest BCUT2D eigenvalue weighted by molar-refractivity contribution is -0.444. The number of carbonyl (C=O) groups excluding carboxylic acids is 1. The third kappa shape index (κ3) is 26.5. The normalized spacial score (nSPS) is 11.6. The van der Waals surface area contributed by atoms with Crippen LogP contribution < -0.4 is 5.32 Å². The van der Waals surface area contributed by atoms with Gasteiger partial charge in [-0.1, -0.05) is 84.0 Å². The second kappa shape index (κ2) is 28.7. The molecule has 0 aliphatic heterocycles. The van der Waals surface area contributed by atoms with Gasteiger partial charge in [0.1, 0.15) is 0 Å². The molecule has 0 radical (unpaired) electrons. The van der Waals surface area contributed by atoms with Crippen molar-refractivity contribution in [2.75, 3.05) is 46.9 Å². The van der Waals surface area contributed by atoms with Crippen LogP contribution in [0, 0.1) is 10.1 Å². The maximum absolute atomic E-state index is 12.0. The van der Waals surface area contributed by atoms with Crippen LogP contribution in [0.4, 0.5) is 0 Å². The van der Waals surface area contributed by atoms with Gasteiger partial charge in [-0.15, -0.1) is 0 Å². The molecule has 0 aliphatic carbocycles. The van der Waals surface area contributed by atoms with E-state index in [1.54, 1.807) is 14.1 Å². The molecule has 0 aromatic carbocycles. The fourth-order valence-corrected chi connectivity index (χ4v) is 4.84. The summed E-state index contributed by atoms with van der Waals surface area (Å²) in [6, 6.07) is 0. The predicted molar refractivity (Wildman–Crippen MR) is 170 cm³/mol. The first-order valence-corrected chi connectivity index (χ1v) is 16.6. The molecule has 0 atom stereocenters. The molecule has 0 aromatic rings. The molecule has 0 unspecified atom stereocenters. The van der Waals surface area contributed by atoms with Crippen LogP contribution in [0.5, 0.6) is 0 Å². The summed E-state index contributed by atoms with van der Waals surface area (Å²) in [5.74, 6) is -0.745. The minimum atomic E-state index is -0.723. The summed E-state index contributed by atoms with van der Waals surface area (Å²) in [6.07, 6.45) is 21.9. The Morgan fingerprint density at radius 3 is 1.81 bits per heavy atom. The lowest BCUT2D eigenvalue weighted by Crippen LogP contribution is -2.29. The maximum atomic E-state index is 12.0. The van der Waals surface area contributed by atoms with Crippen molar-refractivity contribution >= 4 is 11.9 Å². The zero-order valence-electron chi connectivity index (χ0n) is 27.1. The first-order chi connectivity index (χ1) is 20.3. The molecule has 0 saturated carbocycles. The van der Waals surface area contributed by atoms with Crippen molar-refractivity contribution in [1.29, 1.82) is 0 Å². The summed E-state index contributed by atoms with van der Waals surface area (Å²) in [7, 11) is 3.31. The van der Waals surface area contributed by atoms with Gasteiger partial charge < -0.3 is 30.2 Å². The van der Waals surface area contributed by atoms with E-state index >= 15 is 0 Å². The van der Waals surface area contributed by atoms with Crippen LogP contribution in [0.15, 0.2) is 12.0 Å². The molecular formula is C32H62N4O6. The summed E-state index contributed by atoms with van der Waals surface area (Å²) in [5.41, 5.74) is 0. The molecule has 0 heterocycles. The monoisotopic (exact) mass is 598 g/mol. The van der Waals surface area contributed by atoms with E-state index in [0.717, 1.165) is 103 Å². The topological polar surface area (TPSA) is 125 Å². The van der Waals surface area contributed by atoms with Crippen molar-refractivity contribution in [3.05, 3.63) is 22.1 Å². The highest BCUT2D eigenvalue weighted by Gasteiger charge is 2.11. The van der Waals surface area contributed by atoms with E-state index in [-0.39, 0.29) is 18.2 Å². The third-order valence-corrected chi connectivity index (χ3v) is 7.40. The number of nitro groups is 1. The number of carboxylic acids is 1. The summed E-state index contributed by atoms with van der Waals surface area (Å²) < 4.78 is 5.38. The quantitative estimate of drug-likeness (QED) is 0.0377. The molecule has 0 saturated heterocycles. The van der Waals surface area contributed by atoms with Gasteiger partial charge in [0.05, 0.1) is 26.9 Å². The minimum Gasteiger partial charge on any atom is -0.481 e. The highest BCUT2D eigenvalue weighted by Crippen LogP contribution is 2.11. The second-order valence-corrected chi connectivity index (χ2v) is 11.6. The predicted octanol–water partition coefficient (Wildman–Crippen LogP) is 6.96. The van der Waals surface area contributed by atoms with Crippen molar-refractivity contribution in [3.63, 3.8) is 0 Å². The molecule has 0 fully saturated rings. The Balaban J connectivity index is 4.13. The van der Waals surface area contributed by atoms with Gasteiger partial charge in [0.2, 0.25) is 0 Å². The third-order valence-electron chi connectivity index (χ3n) is 7.40. The van der Waals surface area contributed by atoms with E-state index in [4.69, 9.17) is 9.84 Å². The number of nitrogens with one attached hydrogen (secondary N) is 1. The minimum absolute atomic E-state index is 0.0381. The van der Waals surface area contributed by atoms with Crippen molar-refractivity contribution in [2.45, 2.75) is 135 Å². The second-order valence-electron chi connectivity index (χ2n) is 11.6. The molecule has 0 rings (SSSR count). The van der Waals surface area contributed by atoms with Gasteiger partial charge in [-0.2, -0.15) is 0 Å². The largest absolute Gasteiger partial charge is 0.481 e. The average Bonchev–Trinajstić information content (AvgIpc) is 2.94. The molecule has 0 aliphatic rings. The number of carboxylic acid groups (broad SMARTS) is 1. The number of unbranched alkanes of at least 4 members (excludes halogenated alkanes) is 14. The summed E-state index contributed by atoms with van der Waals surface area (Å²) in [6.45, 7) is 6.42. The number of esters is 1. The first-order valence-electron chi connectivity index (χ1n) is 16.6. The van der Waals surface area contributed by atoms with Gasteiger partial charge in [0.25, 0.3) is 0 Å². The zero-order chi connectivity index (χ0) is 31.3. The Kier molecular flexibility index (Phi) is 27.1. The fraction of sp³-hybridized carbons (Fsp3) is 0.875. The Bertz CT molecular complexity index is 717. The Labute approximate surface area is 255 Å². The van der Waals surface area contributed by atoms with Gasteiger partial charge >= 0.3 is 17.8 Å². The standard InChI is InChI=1S/C32H62N4O6/c1-4-5-6-7-8-15-20-28-42-32(39)23-17-12-10-14-19-26-35(25-18-13-9-11-16-22-31(37)38)27-21-24-33-29-30(34(2)3)36(40)41/h29,33H,4-28H2,1-3H3,(H,37,38)/b30-29-. The molecule has 0 amide bonds. The fourth-order valence-electron chi connectivity index (χ4n) is 4.84. The zero-order valence-corrected chi connectivity index (χ0v) is 27.1. The Hall–Kier alpha value is -2.36. The highest BCUT2D eigenvalue weighted by molar-refractivity contribution is 5.69. The van der Waals surface area contributed by atoms with Gasteiger partial charge in [-0.25, -0.2) is 0 Å². The van der Waals surface area contributed by atoms with Crippen LogP contribution in [0.1, 0.15) is 135 Å². The number of hydrogen-bond acceptors (Lipinski definition) is 8. The van der Waals surface area contributed by atoms with Crippen molar-refractivity contribution in [2.24, 2.45) is 0 Å². The SMILES string of the molecule is CCCCCCCCCOC(=O)CCCCCCCN(CCCCCCCC(=O)O)CCCN/C=C(/N(C)C)[N+](=O)[O-]. The van der Waals surface area contributed by atoms with E-state index in [9.17, 15) is 19.7 Å². The molecule has 10 nitrogen and oxygen atoms in total. The van der Waals surface area contributed by atoms with Crippen molar-refractivity contribution in [1.82, 2.24) is 15.1 Å². The van der Waals surface area contributed by atoms with Crippen LogP contribution in [-0.4, -0.2) is 78.6 Å². The van der Waals surface area contributed by atoms with Crippen molar-refractivity contribution in [3.8, 4) is 0 Å². The van der Waals surface area contributed by atoms with Crippen LogP contribution in [0.3, 0.4) is 0 Å². The summed E-state index contributed by atoms with van der Waals surface area (Å²) in [5, 5.41) is 22.9. The van der Waals surface area contributed by atoms with E-state index in [0.29, 0.717) is 19.6 Å². The number of hydrogen-bond donors (Lipinski definition) is 2. The smallest absolute Gasteiger partial charge is 0.333 e. The molecular weight excluding hydrogens is 536 g/mol. The lowest BCUT2D eigenvalue weighted by Gasteiger charge is -2.22. The van der Waals surface area contributed by atoms with Crippen molar-refractivity contribution < 1.29 is 24.4 Å². The van der Waals surface area contributed by atoms with Gasteiger partial charge in [-0.3, -0.25) is 14.5 Å². The molecule has 0 spiro atoms. The lowest BCUT2D eigenvalue weighted by atomic mass is 10.1. The Morgan fingerprint density at radius 2 is 1.26 bits per heavy atom. The van der Waals surface area contributed by atoms with E-state index in [1.165, 1.54) is 43.2 Å². The van der Waals surface area contributed by atoms with Crippen LogP contribution in [0.2, 0.25) is 0 Å². The summed E-state index contributed by atoms with van der Waals surface area (Å²) >= 11 is 0. The molecule has 2 N–H and O–H groups in total. The molecule has 10 heteroatoms. The van der Waals surface area contributed by atoms with Gasteiger partial charge in [-0.05, 0) is 63.1 Å². The Morgan fingerprint density at radius 1 is 0.762 bits per heavy atom.